The number of imide groups is 2. The molecule has 2 aliphatic heterocycles. The van der Waals surface area contributed by atoms with Gasteiger partial charge in [-0.1, -0.05) is 0 Å². The highest BCUT2D eigenvalue weighted by molar-refractivity contribution is 6.11. The molecule has 2 rings (SSSR count). The van der Waals surface area contributed by atoms with E-state index < -0.39 is 72.7 Å². The van der Waals surface area contributed by atoms with Gasteiger partial charge < -0.3 is 20.4 Å². The molecular weight excluding hydrogens is 332 g/mol. The standard InChI is InChI=1S/C12H12N2O10/c15-5-1-2-6(16)13(5)11(23,9(19)20)12(24,10(21)22)14-7(17)3-4-8(14)18/h23-24H,1-4H2,(H,19,20)(H,21,22)/t11-,12-/m0/s1. The molecule has 130 valence electrons. The average molecular weight is 344 g/mol. The van der Waals surface area contributed by atoms with Crippen LogP contribution in [0.25, 0.3) is 0 Å². The zero-order valence-electron chi connectivity index (χ0n) is 12.0. The monoisotopic (exact) mass is 344 g/mol. The SMILES string of the molecule is O=C1CCC(=O)N1[C@](O)(C(=O)O)[C@@](O)(C(=O)O)N1C(=O)CCC1=O. The van der Waals surface area contributed by atoms with Gasteiger partial charge in [-0.05, 0) is 0 Å². The third-order valence-corrected chi connectivity index (χ3v) is 3.83. The third kappa shape index (κ3) is 2.00. The molecule has 0 spiro atoms. The lowest BCUT2D eigenvalue weighted by Crippen LogP contribution is -2.79. The van der Waals surface area contributed by atoms with Crippen molar-refractivity contribution in [1.82, 2.24) is 9.80 Å². The summed E-state index contributed by atoms with van der Waals surface area (Å²) in [6, 6.07) is 0. The second-order valence-corrected chi connectivity index (χ2v) is 5.20. The largest absolute Gasteiger partial charge is 0.478 e. The molecule has 0 aromatic rings. The molecule has 2 aliphatic rings. The van der Waals surface area contributed by atoms with Gasteiger partial charge in [-0.3, -0.25) is 19.2 Å². The topological polar surface area (TPSA) is 190 Å². The van der Waals surface area contributed by atoms with Crippen LogP contribution in [0.3, 0.4) is 0 Å². The smallest absolute Gasteiger partial charge is 0.364 e. The molecule has 0 aliphatic carbocycles. The van der Waals surface area contributed by atoms with Gasteiger partial charge in [0.2, 0.25) is 23.6 Å². The number of amides is 4. The van der Waals surface area contributed by atoms with E-state index in [4.69, 9.17) is 0 Å². The number of carbonyl (C=O) groups excluding carboxylic acids is 4. The van der Waals surface area contributed by atoms with Crippen molar-refractivity contribution >= 4 is 35.6 Å². The van der Waals surface area contributed by atoms with E-state index in [0.29, 0.717) is 0 Å². The number of rotatable bonds is 5. The predicted molar refractivity (Wildman–Crippen MR) is 67.3 cm³/mol. The van der Waals surface area contributed by atoms with Crippen molar-refractivity contribution in [3.63, 3.8) is 0 Å². The summed E-state index contributed by atoms with van der Waals surface area (Å²) in [4.78, 5) is 69.5. The first-order valence-electron chi connectivity index (χ1n) is 6.63. The lowest BCUT2D eigenvalue weighted by Gasteiger charge is -2.44. The number of carbonyl (C=O) groups is 6. The van der Waals surface area contributed by atoms with Crippen molar-refractivity contribution < 1.29 is 49.2 Å². The number of hydrogen-bond acceptors (Lipinski definition) is 8. The third-order valence-electron chi connectivity index (χ3n) is 3.83. The first-order valence-corrected chi connectivity index (χ1v) is 6.63. The van der Waals surface area contributed by atoms with Crippen molar-refractivity contribution in [2.45, 2.75) is 37.1 Å². The number of aliphatic carboxylic acids is 2. The van der Waals surface area contributed by atoms with E-state index in [-0.39, 0.29) is 9.80 Å². The normalized spacial score (nSPS) is 23.4. The van der Waals surface area contributed by atoms with Crippen LogP contribution in [0.5, 0.6) is 0 Å². The van der Waals surface area contributed by atoms with Gasteiger partial charge in [0.25, 0.3) is 0 Å². The van der Waals surface area contributed by atoms with Gasteiger partial charge in [0.05, 0.1) is 0 Å². The fourth-order valence-corrected chi connectivity index (χ4v) is 2.68. The van der Waals surface area contributed by atoms with E-state index in [1.54, 1.807) is 0 Å². The number of carboxylic acids is 2. The first-order chi connectivity index (χ1) is 11.0. The summed E-state index contributed by atoms with van der Waals surface area (Å²) in [6.07, 6.45) is -2.14. The van der Waals surface area contributed by atoms with Crippen LogP contribution in [0, 0.1) is 0 Å². The molecule has 0 radical (unpaired) electrons. The fourth-order valence-electron chi connectivity index (χ4n) is 2.68. The van der Waals surface area contributed by atoms with Gasteiger partial charge in [-0.2, -0.15) is 0 Å². The second-order valence-electron chi connectivity index (χ2n) is 5.20. The number of hydrogen-bond donors (Lipinski definition) is 4. The van der Waals surface area contributed by atoms with Crippen LogP contribution in [0.2, 0.25) is 0 Å². The van der Waals surface area contributed by atoms with Gasteiger partial charge >= 0.3 is 23.4 Å². The number of nitrogens with zero attached hydrogens (tertiary/aromatic N) is 2. The number of aliphatic hydroxyl groups is 2. The molecule has 2 fully saturated rings. The lowest BCUT2D eigenvalue weighted by molar-refractivity contribution is -0.267. The Morgan fingerprint density at radius 2 is 0.875 bits per heavy atom. The maximum absolute atomic E-state index is 11.8. The molecule has 0 aromatic heterocycles. The van der Waals surface area contributed by atoms with Crippen LogP contribution in [0.1, 0.15) is 25.7 Å². The first kappa shape index (κ1) is 17.5. The summed E-state index contributed by atoms with van der Waals surface area (Å²) < 4.78 is 0. The fraction of sp³-hybridized carbons (Fsp3) is 0.500. The Hall–Kier alpha value is -2.86. The quantitative estimate of drug-likeness (QED) is 0.370. The van der Waals surface area contributed by atoms with E-state index in [9.17, 15) is 49.2 Å². The molecule has 0 aromatic carbocycles. The van der Waals surface area contributed by atoms with Crippen LogP contribution >= 0.6 is 0 Å². The summed E-state index contributed by atoms with van der Waals surface area (Å²) in [6.45, 7) is 0. The van der Waals surface area contributed by atoms with Crippen molar-refractivity contribution in [3.8, 4) is 0 Å². The zero-order valence-corrected chi connectivity index (χ0v) is 12.0. The highest BCUT2D eigenvalue weighted by Crippen LogP contribution is 2.37. The highest BCUT2D eigenvalue weighted by atomic mass is 16.5. The van der Waals surface area contributed by atoms with Crippen LogP contribution in [-0.4, -0.2) is 77.2 Å². The van der Waals surface area contributed by atoms with E-state index in [1.165, 1.54) is 0 Å². The molecule has 4 N–H and O–H groups in total. The summed E-state index contributed by atoms with van der Waals surface area (Å²) in [5.41, 5.74) is -8.17. The molecule has 0 bridgehead atoms. The van der Waals surface area contributed by atoms with Crippen LogP contribution in [0.4, 0.5) is 0 Å². The van der Waals surface area contributed by atoms with Crippen molar-refractivity contribution in [2.24, 2.45) is 0 Å². The average Bonchev–Trinajstić information content (AvgIpc) is 2.99. The van der Waals surface area contributed by atoms with Crippen molar-refractivity contribution in [2.75, 3.05) is 0 Å². The molecule has 24 heavy (non-hydrogen) atoms. The Balaban J connectivity index is 2.74. The Kier molecular flexibility index (Phi) is 3.90. The van der Waals surface area contributed by atoms with Gasteiger partial charge in [0.1, 0.15) is 0 Å². The minimum Gasteiger partial charge on any atom is -0.478 e. The van der Waals surface area contributed by atoms with Crippen molar-refractivity contribution in [3.05, 3.63) is 0 Å². The molecule has 12 heteroatoms. The lowest BCUT2D eigenvalue weighted by atomic mass is 9.95. The molecule has 0 saturated carbocycles. The molecule has 2 heterocycles. The molecular formula is C12H12N2O10. The predicted octanol–water partition coefficient (Wildman–Crippen LogP) is -3.17. The second kappa shape index (κ2) is 5.35. The van der Waals surface area contributed by atoms with Gasteiger partial charge in [0.15, 0.2) is 0 Å². The Morgan fingerprint density at radius 1 is 0.667 bits per heavy atom. The van der Waals surface area contributed by atoms with Crippen LogP contribution in [-0.2, 0) is 28.8 Å². The minimum atomic E-state index is -4.08. The minimum absolute atomic E-state index is 0.345. The molecule has 4 amide bonds. The Labute approximate surface area is 132 Å². The summed E-state index contributed by atoms with van der Waals surface area (Å²) in [5.74, 6) is -10.1. The Bertz CT molecular complexity index is 597. The van der Waals surface area contributed by atoms with Gasteiger partial charge in [-0.15, -0.1) is 0 Å². The molecule has 2 saturated heterocycles. The van der Waals surface area contributed by atoms with E-state index >= 15 is 0 Å². The summed E-state index contributed by atoms with van der Waals surface area (Å²) in [5, 5.41) is 39.4. The number of likely N-dealkylation sites (tertiary alicyclic amines) is 2. The maximum atomic E-state index is 11.8. The van der Waals surface area contributed by atoms with E-state index in [0.717, 1.165) is 0 Å². The van der Waals surface area contributed by atoms with Gasteiger partial charge in [0, 0.05) is 25.7 Å². The van der Waals surface area contributed by atoms with E-state index in [2.05, 4.69) is 0 Å². The van der Waals surface area contributed by atoms with Crippen LogP contribution in [0.15, 0.2) is 0 Å². The summed E-state index contributed by atoms with van der Waals surface area (Å²) >= 11 is 0. The Morgan fingerprint density at radius 3 is 1.04 bits per heavy atom. The number of carboxylic acid groups (broad SMARTS) is 2. The van der Waals surface area contributed by atoms with Crippen molar-refractivity contribution in [1.29, 1.82) is 0 Å². The highest BCUT2D eigenvalue weighted by Gasteiger charge is 2.73. The molecule has 12 nitrogen and oxygen atoms in total. The van der Waals surface area contributed by atoms with E-state index in [1.807, 2.05) is 0 Å². The zero-order chi connectivity index (χ0) is 18.4. The maximum Gasteiger partial charge on any atom is 0.364 e. The van der Waals surface area contributed by atoms with Crippen LogP contribution < -0.4 is 0 Å². The van der Waals surface area contributed by atoms with Gasteiger partial charge in [-0.25, -0.2) is 19.4 Å². The summed E-state index contributed by atoms with van der Waals surface area (Å²) in [7, 11) is 0. The molecule has 2 atom stereocenters. The molecule has 0 unspecified atom stereocenters.